The van der Waals surface area contributed by atoms with Gasteiger partial charge in [0.2, 0.25) is 11.6 Å². The van der Waals surface area contributed by atoms with Gasteiger partial charge in [0, 0.05) is 0 Å². The lowest BCUT2D eigenvalue weighted by molar-refractivity contribution is -0.136. The summed E-state index contributed by atoms with van der Waals surface area (Å²) in [5.41, 5.74) is 0.748. The molecule has 0 aromatic heterocycles. The van der Waals surface area contributed by atoms with Crippen molar-refractivity contribution < 1.29 is 23.9 Å². The molecule has 23 heavy (non-hydrogen) atoms. The van der Waals surface area contributed by atoms with E-state index in [0.717, 1.165) is 17.7 Å². The van der Waals surface area contributed by atoms with E-state index in [9.17, 15) is 19.2 Å². The van der Waals surface area contributed by atoms with Gasteiger partial charge in [0.05, 0.1) is 13.2 Å². The van der Waals surface area contributed by atoms with E-state index in [4.69, 9.17) is 0 Å². The summed E-state index contributed by atoms with van der Waals surface area (Å²) in [7, 11) is 0. The summed E-state index contributed by atoms with van der Waals surface area (Å²) >= 11 is 0. The van der Waals surface area contributed by atoms with Crippen LogP contribution in [0.3, 0.4) is 0 Å². The van der Waals surface area contributed by atoms with Crippen molar-refractivity contribution in [1.29, 1.82) is 0 Å². The quantitative estimate of drug-likeness (QED) is 0.568. The fourth-order valence-electron chi connectivity index (χ4n) is 1.59. The minimum absolute atomic E-state index is 0.0375. The Hall–Kier alpha value is -3.02. The van der Waals surface area contributed by atoms with Crippen LogP contribution >= 0.6 is 0 Å². The van der Waals surface area contributed by atoms with Crippen LogP contribution in [-0.4, -0.2) is 41.6 Å². The Balaban J connectivity index is 2.76. The van der Waals surface area contributed by atoms with Gasteiger partial charge in [-0.3, -0.25) is 14.4 Å². The number of ether oxygens (including phenoxy) is 1. The van der Waals surface area contributed by atoms with Gasteiger partial charge in [-0.15, -0.1) is 0 Å². The molecule has 1 aromatic rings. The number of hydrogen-bond donors (Lipinski definition) is 0. The van der Waals surface area contributed by atoms with E-state index in [1.54, 1.807) is 31.2 Å². The maximum atomic E-state index is 11.9. The average Bonchev–Trinajstić information content (AvgIpc) is 2.57. The Bertz CT molecular complexity index is 634. The number of Topliss-reactive ketones (excluding diaryl/α,β-unsaturated/α-hetero) is 1. The highest BCUT2D eigenvalue weighted by Gasteiger charge is 2.25. The van der Waals surface area contributed by atoms with Crippen LogP contribution in [0.1, 0.15) is 12.5 Å². The van der Waals surface area contributed by atoms with Crippen molar-refractivity contribution in [3.05, 3.63) is 54.6 Å². The zero-order chi connectivity index (χ0) is 17.2. The third kappa shape index (κ3) is 5.70. The largest absolute Gasteiger partial charge is 0.449 e. The first-order chi connectivity index (χ1) is 11.0. The average molecular weight is 315 g/mol. The Morgan fingerprint density at radius 1 is 1.17 bits per heavy atom. The van der Waals surface area contributed by atoms with Crippen molar-refractivity contribution in [2.75, 3.05) is 13.2 Å². The number of carbonyl (C=O) groups excluding carboxylic acids is 4. The van der Waals surface area contributed by atoms with E-state index >= 15 is 0 Å². The van der Waals surface area contributed by atoms with Gasteiger partial charge in [-0.2, -0.15) is 0 Å². The molecule has 6 heteroatoms. The van der Waals surface area contributed by atoms with Crippen molar-refractivity contribution in [3.63, 3.8) is 0 Å². The van der Waals surface area contributed by atoms with E-state index < -0.39 is 30.1 Å². The molecule has 6 nitrogen and oxygen atoms in total. The van der Waals surface area contributed by atoms with Gasteiger partial charge < -0.3 is 4.74 Å². The summed E-state index contributed by atoms with van der Waals surface area (Å²) in [5, 5.41) is 0. The van der Waals surface area contributed by atoms with E-state index in [0.29, 0.717) is 4.90 Å². The molecule has 0 radical (unpaired) electrons. The van der Waals surface area contributed by atoms with E-state index in [2.05, 4.69) is 11.3 Å². The molecule has 0 aliphatic heterocycles. The van der Waals surface area contributed by atoms with Crippen LogP contribution < -0.4 is 0 Å². The molecule has 0 N–H and O–H groups in total. The molecule has 0 fully saturated rings. The minimum Gasteiger partial charge on any atom is -0.449 e. The number of nitrogens with zero attached hydrogens (tertiary/aromatic N) is 1. The molecule has 0 aliphatic rings. The third-order valence-electron chi connectivity index (χ3n) is 2.73. The zero-order valence-electron chi connectivity index (χ0n) is 12.7. The van der Waals surface area contributed by atoms with E-state index in [1.165, 1.54) is 6.08 Å². The SMILES string of the molecule is C=CC(=O)N(CC(=O)C(=O)/C=C/c1ccccc1)C(=O)OCC. The number of rotatable bonds is 7. The molecule has 120 valence electrons. The molecular weight excluding hydrogens is 298 g/mol. The van der Waals surface area contributed by atoms with E-state index in [1.807, 2.05) is 6.07 Å². The summed E-state index contributed by atoms with van der Waals surface area (Å²) < 4.78 is 4.67. The molecule has 0 saturated heterocycles. The highest BCUT2D eigenvalue weighted by molar-refractivity contribution is 6.43. The van der Waals surface area contributed by atoms with Crippen molar-refractivity contribution in [3.8, 4) is 0 Å². The van der Waals surface area contributed by atoms with Crippen LogP contribution in [0.2, 0.25) is 0 Å². The highest BCUT2D eigenvalue weighted by Crippen LogP contribution is 2.02. The molecule has 0 atom stereocenters. The standard InChI is InChI=1S/C17H17NO5/c1-3-16(21)18(17(22)23-4-2)12-15(20)14(19)11-10-13-8-6-5-7-9-13/h3,5-11H,1,4,12H2,2H3/b11-10+. The molecule has 0 unspecified atom stereocenters. The normalized spacial score (nSPS) is 10.1. The molecule has 0 heterocycles. The molecular formula is C17H17NO5. The molecule has 1 rings (SSSR count). The lowest BCUT2D eigenvalue weighted by atomic mass is 10.1. The first kappa shape index (κ1) is 18.0. The zero-order valence-corrected chi connectivity index (χ0v) is 12.7. The van der Waals surface area contributed by atoms with E-state index in [-0.39, 0.29) is 6.61 Å². The monoisotopic (exact) mass is 315 g/mol. The fourth-order valence-corrected chi connectivity index (χ4v) is 1.59. The van der Waals surface area contributed by atoms with Gasteiger partial charge in [0.1, 0.15) is 0 Å². The van der Waals surface area contributed by atoms with Gasteiger partial charge in [-0.1, -0.05) is 43.0 Å². The number of allylic oxidation sites excluding steroid dienone is 1. The van der Waals surface area contributed by atoms with Gasteiger partial charge in [0.15, 0.2) is 0 Å². The number of carbonyl (C=O) groups is 4. The molecule has 1 aromatic carbocycles. The van der Waals surface area contributed by atoms with Crippen LogP contribution in [-0.2, 0) is 19.1 Å². The van der Waals surface area contributed by atoms with Crippen molar-refractivity contribution in [1.82, 2.24) is 4.90 Å². The van der Waals surface area contributed by atoms with Crippen LogP contribution in [0.4, 0.5) is 4.79 Å². The maximum Gasteiger partial charge on any atom is 0.417 e. The van der Waals surface area contributed by atoms with Gasteiger partial charge in [0.25, 0.3) is 5.91 Å². The van der Waals surface area contributed by atoms with Crippen LogP contribution in [0.15, 0.2) is 49.1 Å². The van der Waals surface area contributed by atoms with Gasteiger partial charge in [-0.05, 0) is 24.6 Å². The summed E-state index contributed by atoms with van der Waals surface area (Å²) in [5.74, 6) is -2.53. The van der Waals surface area contributed by atoms with Crippen molar-refractivity contribution in [2.45, 2.75) is 6.92 Å². The predicted octanol–water partition coefficient (Wildman–Crippen LogP) is 2.01. The summed E-state index contributed by atoms with van der Waals surface area (Å²) in [6, 6.07) is 8.93. The van der Waals surface area contributed by atoms with Gasteiger partial charge >= 0.3 is 6.09 Å². The second-order valence-electron chi connectivity index (χ2n) is 4.36. The number of hydrogen-bond acceptors (Lipinski definition) is 5. The number of ketones is 2. The molecule has 0 aliphatic carbocycles. The van der Waals surface area contributed by atoms with Crippen LogP contribution in [0.25, 0.3) is 6.08 Å². The second kappa shape index (κ2) is 9.09. The predicted molar refractivity (Wildman–Crippen MR) is 84.4 cm³/mol. The number of amides is 2. The first-order valence-corrected chi connectivity index (χ1v) is 6.90. The molecule has 2 amide bonds. The molecule has 0 saturated carbocycles. The summed E-state index contributed by atoms with van der Waals surface area (Å²) in [4.78, 5) is 47.4. The maximum absolute atomic E-state index is 11.9. The molecule has 0 spiro atoms. The molecule has 0 bridgehead atoms. The fraction of sp³-hybridized carbons (Fsp3) is 0.176. The Labute approximate surface area is 134 Å². The van der Waals surface area contributed by atoms with Gasteiger partial charge in [-0.25, -0.2) is 9.69 Å². The first-order valence-electron chi connectivity index (χ1n) is 6.90. The van der Waals surface area contributed by atoms with Crippen molar-refractivity contribution >= 4 is 29.6 Å². The number of imide groups is 1. The topological polar surface area (TPSA) is 80.8 Å². The highest BCUT2D eigenvalue weighted by atomic mass is 16.6. The van der Waals surface area contributed by atoms with Crippen LogP contribution in [0.5, 0.6) is 0 Å². The number of benzene rings is 1. The Morgan fingerprint density at radius 2 is 1.83 bits per heavy atom. The lowest BCUT2D eigenvalue weighted by Gasteiger charge is -2.16. The van der Waals surface area contributed by atoms with Crippen molar-refractivity contribution in [2.24, 2.45) is 0 Å². The third-order valence-corrected chi connectivity index (χ3v) is 2.73. The smallest absolute Gasteiger partial charge is 0.417 e. The minimum atomic E-state index is -0.995. The van der Waals surface area contributed by atoms with Crippen LogP contribution in [0, 0.1) is 0 Å². The summed E-state index contributed by atoms with van der Waals surface area (Å²) in [6.07, 6.45) is 2.45. The summed E-state index contributed by atoms with van der Waals surface area (Å²) in [6.45, 7) is 4.15. The Kier molecular flexibility index (Phi) is 7.13. The lowest BCUT2D eigenvalue weighted by Crippen LogP contribution is -2.41. The Morgan fingerprint density at radius 3 is 2.39 bits per heavy atom. The second-order valence-corrected chi connectivity index (χ2v) is 4.36.